The number of nitrogens with two attached hydrogens (primary N) is 2. The molecule has 88 valence electrons. The Morgan fingerprint density at radius 3 is 2.88 bits per heavy atom. The highest BCUT2D eigenvalue weighted by Gasteiger charge is 2.27. The van der Waals surface area contributed by atoms with Crippen LogP contribution in [0, 0.1) is 17.2 Å². The molecular formula is C12H14N4O. The van der Waals surface area contributed by atoms with E-state index in [2.05, 4.69) is 6.07 Å². The van der Waals surface area contributed by atoms with E-state index in [1.807, 2.05) is 4.90 Å². The summed E-state index contributed by atoms with van der Waals surface area (Å²) in [6.45, 7) is 1.32. The molecule has 1 heterocycles. The van der Waals surface area contributed by atoms with Gasteiger partial charge in [0.15, 0.2) is 0 Å². The average Bonchev–Trinajstić information content (AvgIpc) is 2.79. The van der Waals surface area contributed by atoms with E-state index in [0.29, 0.717) is 17.8 Å². The van der Waals surface area contributed by atoms with Gasteiger partial charge in [-0.05, 0) is 24.6 Å². The predicted molar refractivity (Wildman–Crippen MR) is 65.1 cm³/mol. The van der Waals surface area contributed by atoms with Crippen LogP contribution >= 0.6 is 0 Å². The maximum absolute atomic E-state index is 11.1. The van der Waals surface area contributed by atoms with Crippen molar-refractivity contribution in [1.82, 2.24) is 0 Å². The molecular weight excluding hydrogens is 216 g/mol. The monoisotopic (exact) mass is 230 g/mol. The Balaban J connectivity index is 2.24. The molecule has 1 unspecified atom stereocenters. The SMILES string of the molecule is N#Cc1ccc(N)c(N2CCC(C(N)=O)C2)c1. The molecule has 4 N–H and O–H groups in total. The van der Waals surface area contributed by atoms with Crippen molar-refractivity contribution in [2.24, 2.45) is 11.7 Å². The van der Waals surface area contributed by atoms with Crippen molar-refractivity contribution in [3.63, 3.8) is 0 Å². The highest BCUT2D eigenvalue weighted by molar-refractivity contribution is 5.79. The van der Waals surface area contributed by atoms with E-state index >= 15 is 0 Å². The lowest BCUT2D eigenvalue weighted by molar-refractivity contribution is -0.121. The largest absolute Gasteiger partial charge is 0.397 e. The van der Waals surface area contributed by atoms with Crippen molar-refractivity contribution in [3.8, 4) is 6.07 Å². The van der Waals surface area contributed by atoms with Crippen molar-refractivity contribution >= 4 is 17.3 Å². The number of hydrogen-bond acceptors (Lipinski definition) is 4. The van der Waals surface area contributed by atoms with E-state index in [-0.39, 0.29) is 11.8 Å². The second-order valence-corrected chi connectivity index (χ2v) is 4.22. The van der Waals surface area contributed by atoms with E-state index in [1.54, 1.807) is 18.2 Å². The molecule has 1 amide bonds. The summed E-state index contributed by atoms with van der Waals surface area (Å²) >= 11 is 0. The number of amides is 1. The summed E-state index contributed by atoms with van der Waals surface area (Å²) in [5, 5.41) is 8.85. The van der Waals surface area contributed by atoms with Gasteiger partial charge in [-0.3, -0.25) is 4.79 Å². The number of carbonyl (C=O) groups is 1. The molecule has 0 aliphatic carbocycles. The van der Waals surface area contributed by atoms with Crippen LogP contribution in [0.1, 0.15) is 12.0 Å². The Bertz CT molecular complexity index is 492. The summed E-state index contributed by atoms with van der Waals surface area (Å²) in [6.07, 6.45) is 0.742. The highest BCUT2D eigenvalue weighted by Crippen LogP contribution is 2.29. The van der Waals surface area contributed by atoms with Crippen molar-refractivity contribution in [1.29, 1.82) is 5.26 Å². The molecule has 0 saturated carbocycles. The van der Waals surface area contributed by atoms with Crippen molar-refractivity contribution < 1.29 is 4.79 Å². The van der Waals surface area contributed by atoms with Crippen LogP contribution in [0.4, 0.5) is 11.4 Å². The minimum absolute atomic E-state index is 0.125. The third-order valence-corrected chi connectivity index (χ3v) is 3.09. The first kappa shape index (κ1) is 11.3. The Labute approximate surface area is 99.6 Å². The topological polar surface area (TPSA) is 96.1 Å². The predicted octanol–water partition coefficient (Wildman–Crippen LogP) is 0.452. The van der Waals surface area contributed by atoms with E-state index in [1.165, 1.54) is 0 Å². The second-order valence-electron chi connectivity index (χ2n) is 4.22. The number of carbonyl (C=O) groups excluding carboxylic acids is 1. The number of rotatable bonds is 2. The van der Waals surface area contributed by atoms with Gasteiger partial charge in [-0.15, -0.1) is 0 Å². The Morgan fingerprint density at radius 2 is 2.29 bits per heavy atom. The molecule has 0 bridgehead atoms. The summed E-state index contributed by atoms with van der Waals surface area (Å²) in [5.41, 5.74) is 13.2. The molecule has 1 aliphatic rings. The smallest absolute Gasteiger partial charge is 0.222 e. The van der Waals surface area contributed by atoms with Crippen LogP contribution in [0.25, 0.3) is 0 Å². The Morgan fingerprint density at radius 1 is 1.53 bits per heavy atom. The molecule has 5 nitrogen and oxygen atoms in total. The molecule has 2 rings (SSSR count). The molecule has 0 spiro atoms. The van der Waals surface area contributed by atoms with Crippen molar-refractivity contribution in [3.05, 3.63) is 23.8 Å². The third kappa shape index (κ3) is 2.16. The van der Waals surface area contributed by atoms with Crippen LogP contribution in [0.2, 0.25) is 0 Å². The van der Waals surface area contributed by atoms with Crippen LogP contribution in [0.15, 0.2) is 18.2 Å². The Hall–Kier alpha value is -2.22. The van der Waals surface area contributed by atoms with Gasteiger partial charge in [0.05, 0.1) is 28.9 Å². The lowest BCUT2D eigenvalue weighted by Gasteiger charge is -2.20. The van der Waals surface area contributed by atoms with Gasteiger partial charge in [-0.1, -0.05) is 0 Å². The maximum Gasteiger partial charge on any atom is 0.222 e. The molecule has 1 aromatic carbocycles. The fourth-order valence-corrected chi connectivity index (χ4v) is 2.10. The summed E-state index contributed by atoms with van der Waals surface area (Å²) in [7, 11) is 0. The van der Waals surface area contributed by atoms with Crippen molar-refractivity contribution in [2.45, 2.75) is 6.42 Å². The molecule has 1 saturated heterocycles. The molecule has 17 heavy (non-hydrogen) atoms. The average molecular weight is 230 g/mol. The zero-order valence-corrected chi connectivity index (χ0v) is 9.39. The van der Waals surface area contributed by atoms with Crippen molar-refractivity contribution in [2.75, 3.05) is 23.7 Å². The van der Waals surface area contributed by atoms with E-state index < -0.39 is 0 Å². The van der Waals surface area contributed by atoms with Crippen LogP contribution < -0.4 is 16.4 Å². The summed E-state index contributed by atoms with van der Waals surface area (Å²) in [5.74, 6) is -0.400. The number of nitriles is 1. The first-order valence-electron chi connectivity index (χ1n) is 5.45. The third-order valence-electron chi connectivity index (χ3n) is 3.09. The van der Waals surface area contributed by atoms with E-state index in [0.717, 1.165) is 18.7 Å². The van der Waals surface area contributed by atoms with Crippen LogP contribution in [-0.4, -0.2) is 19.0 Å². The molecule has 0 radical (unpaired) electrons. The van der Waals surface area contributed by atoms with Gasteiger partial charge in [0.2, 0.25) is 5.91 Å². The van der Waals surface area contributed by atoms with Gasteiger partial charge in [-0.2, -0.15) is 5.26 Å². The minimum atomic E-state index is -0.275. The van der Waals surface area contributed by atoms with Crippen LogP contribution in [-0.2, 0) is 4.79 Å². The van der Waals surface area contributed by atoms with Gasteiger partial charge in [-0.25, -0.2) is 0 Å². The molecule has 1 atom stereocenters. The minimum Gasteiger partial charge on any atom is -0.397 e. The fourth-order valence-electron chi connectivity index (χ4n) is 2.10. The number of nitrogens with zero attached hydrogens (tertiary/aromatic N) is 2. The summed E-state index contributed by atoms with van der Waals surface area (Å²) in [6, 6.07) is 7.22. The Kier molecular flexibility index (Phi) is 2.88. The molecule has 1 aliphatic heterocycles. The van der Waals surface area contributed by atoms with E-state index in [4.69, 9.17) is 16.7 Å². The van der Waals surface area contributed by atoms with Gasteiger partial charge in [0.1, 0.15) is 0 Å². The highest BCUT2D eigenvalue weighted by atomic mass is 16.1. The first-order chi connectivity index (χ1) is 8.11. The van der Waals surface area contributed by atoms with Crippen LogP contribution in [0.3, 0.4) is 0 Å². The number of hydrogen-bond donors (Lipinski definition) is 2. The first-order valence-corrected chi connectivity index (χ1v) is 5.45. The maximum atomic E-state index is 11.1. The molecule has 5 heteroatoms. The quantitative estimate of drug-likeness (QED) is 0.721. The zero-order chi connectivity index (χ0) is 12.4. The summed E-state index contributed by atoms with van der Waals surface area (Å²) < 4.78 is 0. The summed E-state index contributed by atoms with van der Waals surface area (Å²) in [4.78, 5) is 13.1. The van der Waals surface area contributed by atoms with E-state index in [9.17, 15) is 4.79 Å². The number of benzene rings is 1. The normalized spacial score (nSPS) is 19.0. The number of primary amides is 1. The number of anilines is 2. The standard InChI is InChI=1S/C12H14N4O/c13-6-8-1-2-10(14)11(5-8)16-4-3-9(7-16)12(15)17/h1-2,5,9H,3-4,7,14H2,(H2,15,17). The van der Waals surface area contributed by atoms with Gasteiger partial charge >= 0.3 is 0 Å². The van der Waals surface area contributed by atoms with Gasteiger partial charge < -0.3 is 16.4 Å². The lowest BCUT2D eigenvalue weighted by atomic mass is 10.1. The molecule has 1 fully saturated rings. The van der Waals surface area contributed by atoms with Gasteiger partial charge in [0.25, 0.3) is 0 Å². The molecule has 1 aromatic rings. The second kappa shape index (κ2) is 4.34. The molecule has 0 aromatic heterocycles. The fraction of sp³-hybridized carbons (Fsp3) is 0.333. The zero-order valence-electron chi connectivity index (χ0n) is 9.39. The lowest BCUT2D eigenvalue weighted by Crippen LogP contribution is -2.27. The van der Waals surface area contributed by atoms with Crippen LogP contribution in [0.5, 0.6) is 0 Å². The number of nitrogen functional groups attached to an aromatic ring is 1. The van der Waals surface area contributed by atoms with Gasteiger partial charge in [0, 0.05) is 13.1 Å².